The molecule has 1 aromatic carbocycles. The number of fused-ring (bicyclic) bond motifs is 1. The zero-order valence-electron chi connectivity index (χ0n) is 9.12. The molecule has 2 aromatic rings. The Bertz CT molecular complexity index is 663. The van der Waals surface area contributed by atoms with Crippen LogP contribution in [0, 0.1) is 0 Å². The van der Waals surface area contributed by atoms with E-state index in [-0.39, 0.29) is 11.6 Å². The van der Waals surface area contributed by atoms with Crippen molar-refractivity contribution in [1.29, 1.82) is 0 Å². The van der Waals surface area contributed by atoms with Crippen molar-refractivity contribution < 1.29 is 14.4 Å². The van der Waals surface area contributed by atoms with Crippen LogP contribution in [0.4, 0.5) is 0 Å². The van der Waals surface area contributed by atoms with E-state index in [1.165, 1.54) is 11.5 Å². The van der Waals surface area contributed by atoms with Gasteiger partial charge in [0.05, 0.1) is 5.52 Å². The summed E-state index contributed by atoms with van der Waals surface area (Å²) in [5, 5.41) is 0.789. The molecule has 0 aliphatic rings. The summed E-state index contributed by atoms with van der Waals surface area (Å²) in [6, 6.07) is 8.77. The van der Waals surface area contributed by atoms with E-state index in [0.29, 0.717) is 5.52 Å². The van der Waals surface area contributed by atoms with Gasteiger partial charge in [-0.2, -0.15) is 4.79 Å². The van der Waals surface area contributed by atoms with Crippen molar-refractivity contribution in [1.82, 2.24) is 4.57 Å². The van der Waals surface area contributed by atoms with Gasteiger partial charge in [-0.05, 0) is 12.1 Å². The highest BCUT2D eigenvalue weighted by Crippen LogP contribution is 2.19. The van der Waals surface area contributed by atoms with Crippen LogP contribution in [0.1, 0.15) is 22.2 Å². The van der Waals surface area contributed by atoms with Crippen LogP contribution in [0.5, 0.6) is 0 Å². The monoisotopic (exact) mass is 227 g/mol. The van der Waals surface area contributed by atoms with Crippen LogP contribution in [0.2, 0.25) is 0 Å². The Kier molecular flexibility index (Phi) is 2.68. The van der Waals surface area contributed by atoms with Crippen LogP contribution in [0.3, 0.4) is 0 Å². The van der Waals surface area contributed by atoms with Gasteiger partial charge in [0, 0.05) is 12.3 Å². The predicted molar refractivity (Wildman–Crippen MR) is 62.3 cm³/mol. The number of nitrogens with zero attached hydrogens (tertiary/aromatic N) is 3. The molecule has 0 unspecified atom stereocenters. The normalized spacial score (nSPS) is 9.94. The maximum absolute atomic E-state index is 11.7. The predicted octanol–water partition coefficient (Wildman–Crippen LogP) is 1.78. The molecule has 0 saturated heterocycles. The lowest BCUT2D eigenvalue weighted by Crippen LogP contribution is -2.14. The maximum Gasteiger partial charge on any atom is 0.329 e. The highest BCUT2D eigenvalue weighted by atomic mass is 16.2. The van der Waals surface area contributed by atoms with E-state index in [1.54, 1.807) is 18.2 Å². The molecule has 1 aromatic heterocycles. The molecule has 5 heteroatoms. The van der Waals surface area contributed by atoms with E-state index in [4.69, 9.17) is 5.53 Å². The standard InChI is InChI=1S/C12H9N3O2/c1-8(16)15-10-5-3-2-4-9(10)6-11(15)12(17)7-14-13/h2-7H,1H3. The fourth-order valence-electron chi connectivity index (χ4n) is 1.79. The number of benzene rings is 1. The first-order valence-electron chi connectivity index (χ1n) is 4.98. The number of Topliss-reactive ketones (excluding diaryl/α,β-unsaturated/α-hetero) is 1. The summed E-state index contributed by atoms with van der Waals surface area (Å²) in [6.45, 7) is 1.37. The topological polar surface area (TPSA) is 75.5 Å². The molecule has 84 valence electrons. The number of hydrogen-bond acceptors (Lipinski definition) is 2. The SMILES string of the molecule is CC(=O)n1c(C(=O)C=[N+]=[N-])cc2ccccc21. The van der Waals surface area contributed by atoms with Gasteiger partial charge in [-0.25, -0.2) is 0 Å². The molecule has 0 spiro atoms. The third kappa shape index (κ3) is 1.79. The van der Waals surface area contributed by atoms with Crippen LogP contribution in [0.15, 0.2) is 30.3 Å². The van der Waals surface area contributed by atoms with Gasteiger partial charge in [-0.15, -0.1) is 0 Å². The Balaban J connectivity index is 2.78. The third-order valence-corrected chi connectivity index (χ3v) is 2.45. The fraction of sp³-hybridized carbons (Fsp3) is 0.0833. The van der Waals surface area contributed by atoms with Crippen molar-refractivity contribution >= 4 is 28.8 Å². The summed E-state index contributed by atoms with van der Waals surface area (Å²) >= 11 is 0. The van der Waals surface area contributed by atoms with Crippen LogP contribution in [0.25, 0.3) is 16.4 Å². The van der Waals surface area contributed by atoms with Crippen molar-refractivity contribution in [2.75, 3.05) is 0 Å². The Labute approximate surface area is 96.9 Å². The molecule has 0 aliphatic heterocycles. The Hall–Kier alpha value is -2.52. The molecule has 17 heavy (non-hydrogen) atoms. The van der Waals surface area contributed by atoms with E-state index in [0.717, 1.165) is 11.6 Å². The van der Waals surface area contributed by atoms with Crippen molar-refractivity contribution in [3.63, 3.8) is 0 Å². The average molecular weight is 227 g/mol. The smallest absolute Gasteiger partial charge is 0.329 e. The number of carbonyl (C=O) groups excluding carboxylic acids is 2. The number of ketones is 1. The molecule has 0 fully saturated rings. The van der Waals surface area contributed by atoms with Gasteiger partial charge in [0.2, 0.25) is 5.91 Å². The van der Waals surface area contributed by atoms with Crippen LogP contribution < -0.4 is 0 Å². The van der Waals surface area contributed by atoms with Gasteiger partial charge >= 0.3 is 6.21 Å². The van der Waals surface area contributed by atoms with Crippen molar-refractivity contribution in [2.45, 2.75) is 6.92 Å². The summed E-state index contributed by atoms with van der Waals surface area (Å²) in [4.78, 5) is 25.9. The zero-order chi connectivity index (χ0) is 12.4. The zero-order valence-corrected chi connectivity index (χ0v) is 9.12. The third-order valence-electron chi connectivity index (χ3n) is 2.45. The minimum atomic E-state index is -0.515. The molecule has 1 heterocycles. The van der Waals surface area contributed by atoms with E-state index < -0.39 is 5.78 Å². The summed E-state index contributed by atoms with van der Waals surface area (Å²) in [5.41, 5.74) is 9.21. The average Bonchev–Trinajstić information content (AvgIpc) is 2.68. The second-order valence-electron chi connectivity index (χ2n) is 3.55. The second kappa shape index (κ2) is 4.15. The molecular weight excluding hydrogens is 218 g/mol. The molecular formula is C12H9N3O2. The largest absolute Gasteiger partial charge is 0.361 e. The molecule has 2 rings (SSSR count). The lowest BCUT2D eigenvalue weighted by Gasteiger charge is -2.01. The lowest BCUT2D eigenvalue weighted by atomic mass is 10.2. The summed E-state index contributed by atoms with van der Waals surface area (Å²) in [7, 11) is 0. The Morgan fingerprint density at radius 3 is 2.71 bits per heavy atom. The van der Waals surface area contributed by atoms with Crippen LogP contribution in [-0.4, -0.2) is 27.3 Å². The number of aromatic nitrogens is 1. The minimum Gasteiger partial charge on any atom is -0.361 e. The minimum absolute atomic E-state index is 0.191. The van der Waals surface area contributed by atoms with Crippen LogP contribution >= 0.6 is 0 Å². The summed E-state index contributed by atoms with van der Waals surface area (Å²) in [5.74, 6) is -0.778. The van der Waals surface area contributed by atoms with E-state index in [2.05, 4.69) is 4.79 Å². The molecule has 0 atom stereocenters. The first-order valence-corrected chi connectivity index (χ1v) is 4.98. The van der Waals surface area contributed by atoms with Gasteiger partial charge in [-0.1, -0.05) is 18.2 Å². The summed E-state index contributed by atoms with van der Waals surface area (Å²) in [6.07, 6.45) is 0.771. The Morgan fingerprint density at radius 2 is 2.06 bits per heavy atom. The van der Waals surface area contributed by atoms with Gasteiger partial charge in [-0.3, -0.25) is 14.2 Å². The number of hydrogen-bond donors (Lipinski definition) is 0. The molecule has 0 amide bonds. The molecule has 5 nitrogen and oxygen atoms in total. The molecule has 0 bridgehead atoms. The lowest BCUT2D eigenvalue weighted by molar-refractivity contribution is 0.00228. The van der Waals surface area contributed by atoms with Crippen molar-refractivity contribution in [2.24, 2.45) is 0 Å². The van der Waals surface area contributed by atoms with E-state index in [9.17, 15) is 9.59 Å². The van der Waals surface area contributed by atoms with Gasteiger partial charge in [0.1, 0.15) is 5.69 Å². The second-order valence-corrected chi connectivity index (χ2v) is 3.55. The maximum atomic E-state index is 11.7. The van der Waals surface area contributed by atoms with Crippen LogP contribution in [-0.2, 0) is 0 Å². The number of rotatable bonds is 2. The first-order chi connectivity index (χ1) is 8.15. The van der Waals surface area contributed by atoms with Gasteiger partial charge in [0.25, 0.3) is 5.78 Å². The Morgan fingerprint density at radius 1 is 1.35 bits per heavy atom. The van der Waals surface area contributed by atoms with E-state index >= 15 is 0 Å². The van der Waals surface area contributed by atoms with Gasteiger partial charge < -0.3 is 5.53 Å². The number of carbonyl (C=O) groups is 2. The van der Waals surface area contributed by atoms with E-state index in [1.807, 2.05) is 12.1 Å². The highest BCUT2D eigenvalue weighted by Gasteiger charge is 2.18. The van der Waals surface area contributed by atoms with Crippen molar-refractivity contribution in [3.8, 4) is 0 Å². The highest BCUT2D eigenvalue weighted by molar-refractivity contribution is 6.34. The molecule has 0 saturated carbocycles. The summed E-state index contributed by atoms with van der Waals surface area (Å²) < 4.78 is 1.30. The first kappa shape index (κ1) is 11.0. The molecule has 0 N–H and O–H groups in total. The van der Waals surface area contributed by atoms with Crippen molar-refractivity contribution in [3.05, 3.63) is 41.6 Å². The molecule has 0 aliphatic carbocycles. The fourth-order valence-corrected chi connectivity index (χ4v) is 1.79. The quantitative estimate of drug-likeness (QED) is 0.339. The molecule has 0 radical (unpaired) electrons. The number of para-hydroxylation sites is 1. The van der Waals surface area contributed by atoms with Gasteiger partial charge in [0.15, 0.2) is 0 Å².